The van der Waals surface area contributed by atoms with Gasteiger partial charge in [-0.15, -0.1) is 0 Å². The van der Waals surface area contributed by atoms with Gasteiger partial charge in [0.25, 0.3) is 5.91 Å². The zero-order valence-corrected chi connectivity index (χ0v) is 16.4. The topological polar surface area (TPSA) is 85.2 Å². The lowest BCUT2D eigenvalue weighted by molar-refractivity contribution is 0.0630. The SMILES string of the molecule is C[C@H]1c2nc(-c3ccccc3)nn2CCN1C(=O)c1ccc(S(C)(=O)=O)cc1. The van der Waals surface area contributed by atoms with Crippen LogP contribution >= 0.6 is 0 Å². The summed E-state index contributed by atoms with van der Waals surface area (Å²) in [5.41, 5.74) is 1.39. The molecule has 0 fully saturated rings. The van der Waals surface area contributed by atoms with Crippen molar-refractivity contribution in [2.24, 2.45) is 0 Å². The first-order chi connectivity index (χ1) is 13.3. The van der Waals surface area contributed by atoms with Gasteiger partial charge in [0.05, 0.1) is 17.5 Å². The third-order valence-corrected chi connectivity index (χ3v) is 6.04. The second-order valence-corrected chi connectivity index (χ2v) is 8.87. The van der Waals surface area contributed by atoms with E-state index in [4.69, 9.17) is 0 Å². The van der Waals surface area contributed by atoms with Gasteiger partial charge in [-0.3, -0.25) is 4.79 Å². The first-order valence-electron chi connectivity index (χ1n) is 8.96. The number of sulfone groups is 1. The summed E-state index contributed by atoms with van der Waals surface area (Å²) in [6, 6.07) is 15.5. The van der Waals surface area contributed by atoms with Crippen LogP contribution in [0.4, 0.5) is 0 Å². The molecule has 1 atom stereocenters. The summed E-state index contributed by atoms with van der Waals surface area (Å²) in [7, 11) is -3.29. The molecule has 0 saturated heterocycles. The number of carbonyl (C=O) groups is 1. The van der Waals surface area contributed by atoms with Crippen LogP contribution in [0.2, 0.25) is 0 Å². The summed E-state index contributed by atoms with van der Waals surface area (Å²) in [4.78, 5) is 19.6. The maximum atomic E-state index is 13.0. The van der Waals surface area contributed by atoms with Crippen molar-refractivity contribution >= 4 is 15.7 Å². The molecular formula is C20H20N4O3S. The van der Waals surface area contributed by atoms with E-state index in [-0.39, 0.29) is 16.8 Å². The molecule has 28 heavy (non-hydrogen) atoms. The molecule has 2 heterocycles. The van der Waals surface area contributed by atoms with Gasteiger partial charge in [-0.1, -0.05) is 30.3 Å². The van der Waals surface area contributed by atoms with Gasteiger partial charge in [-0.2, -0.15) is 5.10 Å². The largest absolute Gasteiger partial charge is 0.327 e. The molecule has 144 valence electrons. The van der Waals surface area contributed by atoms with Crippen LogP contribution in [0.1, 0.15) is 29.1 Å². The number of amides is 1. The van der Waals surface area contributed by atoms with Gasteiger partial charge < -0.3 is 4.90 Å². The molecule has 2 aromatic carbocycles. The number of hydrogen-bond donors (Lipinski definition) is 0. The molecule has 3 aromatic rings. The van der Waals surface area contributed by atoms with Crippen molar-refractivity contribution in [1.29, 1.82) is 0 Å². The molecule has 1 aromatic heterocycles. The molecule has 1 aliphatic heterocycles. The highest BCUT2D eigenvalue weighted by Gasteiger charge is 2.31. The lowest BCUT2D eigenvalue weighted by Crippen LogP contribution is -2.41. The number of hydrogen-bond acceptors (Lipinski definition) is 5. The van der Waals surface area contributed by atoms with Crippen molar-refractivity contribution in [1.82, 2.24) is 19.7 Å². The van der Waals surface area contributed by atoms with Crippen molar-refractivity contribution in [3.05, 3.63) is 66.0 Å². The van der Waals surface area contributed by atoms with E-state index in [0.29, 0.717) is 24.5 Å². The average molecular weight is 396 g/mol. The van der Waals surface area contributed by atoms with E-state index in [1.807, 2.05) is 41.9 Å². The van der Waals surface area contributed by atoms with Crippen LogP contribution in [0.3, 0.4) is 0 Å². The van der Waals surface area contributed by atoms with Gasteiger partial charge in [0, 0.05) is 23.9 Å². The second-order valence-electron chi connectivity index (χ2n) is 6.85. The summed E-state index contributed by atoms with van der Waals surface area (Å²) >= 11 is 0. The van der Waals surface area contributed by atoms with Gasteiger partial charge in [0.2, 0.25) is 0 Å². The maximum absolute atomic E-state index is 13.0. The van der Waals surface area contributed by atoms with Crippen LogP contribution in [0.15, 0.2) is 59.5 Å². The Morgan fingerprint density at radius 2 is 1.71 bits per heavy atom. The Kier molecular flexibility index (Phi) is 4.50. The number of carbonyl (C=O) groups excluding carboxylic acids is 1. The zero-order chi connectivity index (χ0) is 19.9. The summed E-state index contributed by atoms with van der Waals surface area (Å²) in [5, 5.41) is 4.58. The molecule has 0 aliphatic carbocycles. The van der Waals surface area contributed by atoms with Crippen LogP contribution in [0, 0.1) is 0 Å². The van der Waals surface area contributed by atoms with Crippen LogP contribution in [0.25, 0.3) is 11.4 Å². The Morgan fingerprint density at radius 3 is 2.36 bits per heavy atom. The van der Waals surface area contributed by atoms with E-state index < -0.39 is 9.84 Å². The van der Waals surface area contributed by atoms with Gasteiger partial charge in [-0.25, -0.2) is 18.1 Å². The predicted octanol–water partition coefficient (Wildman–Crippen LogP) is 2.57. The standard InChI is InChI=1S/C20H20N4O3S/c1-14-19-21-18(15-6-4-3-5-7-15)22-24(19)13-12-23(14)20(25)16-8-10-17(11-9-16)28(2,26)27/h3-11,14H,12-13H2,1-2H3/t14-/m0/s1. The lowest BCUT2D eigenvalue weighted by atomic mass is 10.1. The first kappa shape index (κ1) is 18.4. The number of nitrogens with zero attached hydrogens (tertiary/aromatic N) is 4. The van der Waals surface area contributed by atoms with Gasteiger partial charge in [0.15, 0.2) is 15.7 Å². The summed E-state index contributed by atoms with van der Waals surface area (Å²) < 4.78 is 25.1. The number of benzene rings is 2. The van der Waals surface area contributed by atoms with E-state index in [1.165, 1.54) is 12.1 Å². The average Bonchev–Trinajstić information content (AvgIpc) is 3.13. The van der Waals surface area contributed by atoms with Crippen LogP contribution < -0.4 is 0 Å². The van der Waals surface area contributed by atoms with E-state index in [0.717, 1.165) is 17.6 Å². The molecule has 0 saturated carbocycles. The van der Waals surface area contributed by atoms with Crippen molar-refractivity contribution in [2.75, 3.05) is 12.8 Å². The Hall–Kier alpha value is -3.00. The van der Waals surface area contributed by atoms with Gasteiger partial charge in [-0.05, 0) is 31.2 Å². The van der Waals surface area contributed by atoms with E-state index in [2.05, 4.69) is 10.1 Å². The molecule has 4 rings (SSSR count). The quantitative estimate of drug-likeness (QED) is 0.679. The fraction of sp³-hybridized carbons (Fsp3) is 0.250. The first-order valence-corrected chi connectivity index (χ1v) is 10.8. The van der Waals surface area contributed by atoms with Crippen molar-refractivity contribution in [2.45, 2.75) is 24.4 Å². The van der Waals surface area contributed by atoms with E-state index in [1.54, 1.807) is 17.0 Å². The van der Waals surface area contributed by atoms with E-state index in [9.17, 15) is 13.2 Å². The maximum Gasteiger partial charge on any atom is 0.254 e. The highest BCUT2D eigenvalue weighted by atomic mass is 32.2. The fourth-order valence-electron chi connectivity index (χ4n) is 3.36. The molecule has 7 nitrogen and oxygen atoms in total. The summed E-state index contributed by atoms with van der Waals surface area (Å²) in [6.45, 7) is 3.00. The smallest absolute Gasteiger partial charge is 0.254 e. The normalized spacial score (nSPS) is 16.6. The third kappa shape index (κ3) is 3.31. The zero-order valence-electron chi connectivity index (χ0n) is 15.6. The molecule has 1 amide bonds. The second kappa shape index (κ2) is 6.87. The highest BCUT2D eigenvalue weighted by Crippen LogP contribution is 2.27. The Morgan fingerprint density at radius 1 is 1.04 bits per heavy atom. The van der Waals surface area contributed by atoms with Crippen LogP contribution in [-0.4, -0.2) is 46.8 Å². The molecule has 0 spiro atoms. The van der Waals surface area contributed by atoms with Crippen molar-refractivity contribution in [3.63, 3.8) is 0 Å². The third-order valence-electron chi connectivity index (χ3n) is 4.92. The minimum absolute atomic E-state index is 0.150. The molecule has 1 aliphatic rings. The molecule has 8 heteroatoms. The van der Waals surface area contributed by atoms with Gasteiger partial charge in [0.1, 0.15) is 5.82 Å². The van der Waals surface area contributed by atoms with Crippen molar-refractivity contribution < 1.29 is 13.2 Å². The number of fused-ring (bicyclic) bond motifs is 1. The Labute approximate surface area is 163 Å². The number of aromatic nitrogens is 3. The Balaban J connectivity index is 1.60. The number of rotatable bonds is 3. The summed E-state index contributed by atoms with van der Waals surface area (Å²) in [5.74, 6) is 1.24. The predicted molar refractivity (Wildman–Crippen MR) is 104 cm³/mol. The van der Waals surface area contributed by atoms with Crippen LogP contribution in [0.5, 0.6) is 0 Å². The minimum atomic E-state index is -3.29. The lowest BCUT2D eigenvalue weighted by Gasteiger charge is -2.33. The summed E-state index contributed by atoms with van der Waals surface area (Å²) in [6.07, 6.45) is 1.15. The molecule has 0 unspecified atom stereocenters. The van der Waals surface area contributed by atoms with Crippen LogP contribution in [-0.2, 0) is 16.4 Å². The minimum Gasteiger partial charge on any atom is -0.327 e. The molecule has 0 N–H and O–H groups in total. The molecule has 0 radical (unpaired) electrons. The van der Waals surface area contributed by atoms with Gasteiger partial charge >= 0.3 is 0 Å². The molecular weight excluding hydrogens is 376 g/mol. The fourth-order valence-corrected chi connectivity index (χ4v) is 3.99. The van der Waals surface area contributed by atoms with Crippen molar-refractivity contribution in [3.8, 4) is 11.4 Å². The molecule has 0 bridgehead atoms. The Bertz CT molecular complexity index is 1120. The monoisotopic (exact) mass is 396 g/mol. The van der Waals surface area contributed by atoms with E-state index >= 15 is 0 Å². The highest BCUT2D eigenvalue weighted by molar-refractivity contribution is 7.90.